The summed E-state index contributed by atoms with van der Waals surface area (Å²) in [5.74, 6) is -1.52. The van der Waals surface area contributed by atoms with Gasteiger partial charge in [-0.3, -0.25) is 9.55 Å². The lowest BCUT2D eigenvalue weighted by Crippen LogP contribution is -2.39. The van der Waals surface area contributed by atoms with Crippen LogP contribution in [0.15, 0.2) is 6.20 Å². The molecule has 2 rings (SSSR count). The number of alkyl halides is 1. The van der Waals surface area contributed by atoms with Gasteiger partial charge in [-0.15, -0.1) is 0 Å². The van der Waals surface area contributed by atoms with E-state index in [4.69, 9.17) is 18.5 Å². The van der Waals surface area contributed by atoms with E-state index in [0.29, 0.717) is 11.4 Å². The van der Waals surface area contributed by atoms with Gasteiger partial charge >= 0.3 is 7.60 Å². The molecule has 1 aromatic heterocycles. The van der Waals surface area contributed by atoms with Gasteiger partial charge in [0.2, 0.25) is 5.91 Å². The van der Waals surface area contributed by atoms with Crippen molar-refractivity contribution in [1.82, 2.24) is 4.98 Å². The number of aromatic nitrogens is 1. The Morgan fingerprint density at radius 3 is 2.15 bits per heavy atom. The summed E-state index contributed by atoms with van der Waals surface area (Å²) in [6, 6.07) is 0. The van der Waals surface area contributed by atoms with Gasteiger partial charge in [0, 0.05) is 6.20 Å². The van der Waals surface area contributed by atoms with Crippen molar-refractivity contribution in [2.75, 3.05) is 6.61 Å². The molecule has 0 saturated carbocycles. The molecule has 2 heterocycles. The molecule has 8 heteroatoms. The molecule has 27 heavy (non-hydrogen) atoms. The molecule has 0 aromatic carbocycles. The summed E-state index contributed by atoms with van der Waals surface area (Å²) in [6.45, 7) is 15.9. The Kier molecular flexibility index (Phi) is 5.75. The molecular weight excluding hydrogens is 372 g/mol. The van der Waals surface area contributed by atoms with Gasteiger partial charge < -0.3 is 18.5 Å². The average molecular weight is 403 g/mol. The Hall–Kier alpha value is -1.17. The fourth-order valence-corrected chi connectivity index (χ4v) is 4.89. The Balaban J connectivity index is 2.53. The van der Waals surface area contributed by atoms with Gasteiger partial charge in [0.05, 0.1) is 22.5 Å². The van der Waals surface area contributed by atoms with Crippen LogP contribution in [0.25, 0.3) is 0 Å². The van der Waals surface area contributed by atoms with E-state index in [0.717, 1.165) is 0 Å². The standard InChI is InChI=1S/C19H31FNO5P/c1-12-14-15(23-11-19(8,9)24-14)13(10-21-12)16(20)27(22,25-17(2,3)4)26-18(5,6)7/h10,16H,11H2,1-9H3. The van der Waals surface area contributed by atoms with Crippen molar-refractivity contribution in [1.29, 1.82) is 0 Å². The number of pyridine rings is 1. The average Bonchev–Trinajstić information content (AvgIpc) is 2.43. The number of hydrogen-bond donors (Lipinski definition) is 0. The van der Waals surface area contributed by atoms with E-state index in [1.807, 2.05) is 13.8 Å². The first-order valence-electron chi connectivity index (χ1n) is 9.00. The highest BCUT2D eigenvalue weighted by molar-refractivity contribution is 7.54. The number of aryl methyl sites for hydroxylation is 1. The minimum absolute atomic E-state index is 0.00272. The van der Waals surface area contributed by atoms with Crippen LogP contribution in [0, 0.1) is 6.92 Å². The third-order valence-electron chi connectivity index (χ3n) is 3.47. The van der Waals surface area contributed by atoms with E-state index in [1.54, 1.807) is 48.5 Å². The largest absolute Gasteiger partial charge is 0.485 e. The molecule has 0 N–H and O–H groups in total. The van der Waals surface area contributed by atoms with Crippen LogP contribution in [0.2, 0.25) is 0 Å². The molecular formula is C19H31FNO5P. The first kappa shape index (κ1) is 22.1. The zero-order chi connectivity index (χ0) is 20.8. The van der Waals surface area contributed by atoms with E-state index < -0.39 is 30.3 Å². The van der Waals surface area contributed by atoms with Crippen molar-refractivity contribution in [3.63, 3.8) is 0 Å². The van der Waals surface area contributed by atoms with E-state index in [9.17, 15) is 4.57 Å². The van der Waals surface area contributed by atoms with Crippen LogP contribution in [0.1, 0.15) is 72.6 Å². The first-order valence-corrected chi connectivity index (χ1v) is 10.6. The second-order valence-corrected chi connectivity index (χ2v) is 11.3. The van der Waals surface area contributed by atoms with E-state index in [1.165, 1.54) is 6.20 Å². The third kappa shape index (κ3) is 5.43. The maximum absolute atomic E-state index is 15.7. The Morgan fingerprint density at radius 2 is 1.67 bits per heavy atom. The van der Waals surface area contributed by atoms with Crippen molar-refractivity contribution >= 4 is 7.60 Å². The van der Waals surface area contributed by atoms with Gasteiger partial charge in [-0.25, -0.2) is 4.39 Å². The SMILES string of the molecule is Cc1ncc(C(F)P(=O)(OC(C)(C)C)OC(C)(C)C)c2c1OC(C)(C)CO2. The molecule has 6 nitrogen and oxygen atoms in total. The minimum Gasteiger partial charge on any atom is -0.485 e. The molecule has 1 aliphatic heterocycles. The highest BCUT2D eigenvalue weighted by atomic mass is 31.2. The van der Waals surface area contributed by atoms with Crippen molar-refractivity contribution in [2.24, 2.45) is 0 Å². The summed E-state index contributed by atoms with van der Waals surface area (Å²) >= 11 is 0. The number of halogens is 1. The molecule has 1 unspecified atom stereocenters. The molecule has 154 valence electrons. The molecule has 0 radical (unpaired) electrons. The monoisotopic (exact) mass is 403 g/mol. The van der Waals surface area contributed by atoms with Gasteiger partial charge in [0.1, 0.15) is 12.2 Å². The van der Waals surface area contributed by atoms with E-state index >= 15 is 4.39 Å². The molecule has 0 fully saturated rings. The summed E-state index contributed by atoms with van der Waals surface area (Å²) in [4.78, 5) is 4.21. The molecule has 0 aliphatic carbocycles. The van der Waals surface area contributed by atoms with Crippen LogP contribution in [-0.4, -0.2) is 28.4 Å². The lowest BCUT2D eigenvalue weighted by molar-refractivity contribution is 0.0172. The van der Waals surface area contributed by atoms with Crippen LogP contribution in [0.3, 0.4) is 0 Å². The molecule has 0 saturated heterocycles. The first-order chi connectivity index (χ1) is 12.0. The molecule has 1 atom stereocenters. The maximum Gasteiger partial charge on any atom is 0.370 e. The number of hydrogen-bond acceptors (Lipinski definition) is 6. The minimum atomic E-state index is -4.21. The Bertz CT molecular complexity index is 732. The predicted molar refractivity (Wildman–Crippen MR) is 102 cm³/mol. The van der Waals surface area contributed by atoms with E-state index in [-0.39, 0.29) is 17.9 Å². The number of ether oxygens (including phenoxy) is 2. The van der Waals surface area contributed by atoms with Crippen LogP contribution in [0.4, 0.5) is 4.39 Å². The number of fused-ring (bicyclic) bond motifs is 1. The number of rotatable bonds is 4. The normalized spacial score (nSPS) is 18.3. The smallest absolute Gasteiger partial charge is 0.370 e. The van der Waals surface area contributed by atoms with Gasteiger partial charge in [0.25, 0.3) is 0 Å². The zero-order valence-electron chi connectivity index (χ0n) is 17.7. The Labute approximate surface area is 161 Å². The summed E-state index contributed by atoms with van der Waals surface area (Å²) in [6.07, 6.45) is 1.31. The van der Waals surface area contributed by atoms with Crippen LogP contribution < -0.4 is 9.47 Å². The quantitative estimate of drug-likeness (QED) is 0.598. The van der Waals surface area contributed by atoms with Crippen molar-refractivity contribution in [3.05, 3.63) is 17.5 Å². The van der Waals surface area contributed by atoms with Gasteiger partial charge in [-0.2, -0.15) is 0 Å². The fraction of sp³-hybridized carbons (Fsp3) is 0.737. The van der Waals surface area contributed by atoms with Crippen LogP contribution in [-0.2, 0) is 13.6 Å². The summed E-state index contributed by atoms with van der Waals surface area (Å²) in [5.41, 5.74) is -1.75. The second kappa shape index (κ2) is 7.02. The Morgan fingerprint density at radius 1 is 1.15 bits per heavy atom. The van der Waals surface area contributed by atoms with Crippen molar-refractivity contribution in [2.45, 2.75) is 85.0 Å². The molecule has 0 bridgehead atoms. The van der Waals surface area contributed by atoms with Gasteiger partial charge in [-0.05, 0) is 62.3 Å². The molecule has 0 spiro atoms. The highest BCUT2D eigenvalue weighted by Crippen LogP contribution is 2.67. The summed E-state index contributed by atoms with van der Waals surface area (Å²) in [5, 5.41) is 0. The van der Waals surface area contributed by atoms with Crippen molar-refractivity contribution < 1.29 is 27.5 Å². The zero-order valence-corrected chi connectivity index (χ0v) is 18.6. The lowest BCUT2D eigenvalue weighted by atomic mass is 10.1. The van der Waals surface area contributed by atoms with Crippen molar-refractivity contribution in [3.8, 4) is 11.5 Å². The molecule has 1 aliphatic rings. The third-order valence-corrected chi connectivity index (χ3v) is 5.91. The molecule has 1 aromatic rings. The van der Waals surface area contributed by atoms with Gasteiger partial charge in [0.15, 0.2) is 11.5 Å². The predicted octanol–water partition coefficient (Wildman–Crippen LogP) is 5.73. The molecule has 0 amide bonds. The second-order valence-electron chi connectivity index (χ2n) is 9.39. The summed E-state index contributed by atoms with van der Waals surface area (Å²) < 4.78 is 52.1. The summed E-state index contributed by atoms with van der Waals surface area (Å²) in [7, 11) is -4.21. The maximum atomic E-state index is 15.7. The highest BCUT2D eigenvalue weighted by Gasteiger charge is 2.47. The fourth-order valence-electron chi connectivity index (χ4n) is 2.61. The van der Waals surface area contributed by atoms with E-state index in [2.05, 4.69) is 4.98 Å². The topological polar surface area (TPSA) is 66.9 Å². The van der Waals surface area contributed by atoms with Crippen LogP contribution in [0.5, 0.6) is 11.5 Å². The number of nitrogens with zero attached hydrogens (tertiary/aromatic N) is 1. The van der Waals surface area contributed by atoms with Crippen LogP contribution >= 0.6 is 7.60 Å². The lowest BCUT2D eigenvalue weighted by Gasteiger charge is -2.36. The van der Waals surface area contributed by atoms with Gasteiger partial charge in [-0.1, -0.05) is 0 Å².